The third-order valence-corrected chi connectivity index (χ3v) is 3.01. The Morgan fingerprint density at radius 2 is 1.95 bits per heavy atom. The molecular formula is C13H24N2O5. The van der Waals surface area contributed by atoms with Crippen molar-refractivity contribution in [3.8, 4) is 0 Å². The number of carbonyl (C=O) groups excluding carboxylic acids is 1. The minimum absolute atomic E-state index is 0.133. The van der Waals surface area contributed by atoms with E-state index in [0.717, 1.165) is 0 Å². The number of carboxylic acids is 1. The van der Waals surface area contributed by atoms with Gasteiger partial charge in [-0.3, -0.25) is 9.69 Å². The molecule has 1 saturated heterocycles. The number of rotatable bonds is 4. The average molecular weight is 288 g/mol. The molecule has 1 aliphatic heterocycles. The number of hydrogen-bond acceptors (Lipinski definition) is 5. The highest BCUT2D eigenvalue weighted by atomic mass is 16.6. The minimum atomic E-state index is -0.936. The lowest BCUT2D eigenvalue weighted by molar-refractivity contribution is -0.145. The van der Waals surface area contributed by atoms with E-state index >= 15 is 0 Å². The van der Waals surface area contributed by atoms with E-state index < -0.39 is 23.7 Å². The molecule has 0 aliphatic carbocycles. The molecule has 1 aliphatic rings. The van der Waals surface area contributed by atoms with Gasteiger partial charge in [-0.1, -0.05) is 0 Å². The summed E-state index contributed by atoms with van der Waals surface area (Å²) in [6.07, 6.45) is -0.463. The molecule has 1 amide bonds. The maximum atomic E-state index is 12.0. The standard InChI is InChI=1S/C13H24N2O5/c1-13(2,3)20-12(18)15-6-5-14(7-8-19-4)10(9-15)11(16)17/h10H,5-9H2,1-4H3,(H,16,17)/t10-/m0/s1. The number of carbonyl (C=O) groups is 2. The second-order valence-corrected chi connectivity index (χ2v) is 5.81. The van der Waals surface area contributed by atoms with Crippen LogP contribution in [-0.4, -0.2) is 78.5 Å². The molecule has 0 aromatic heterocycles. The Bertz CT molecular complexity index is 353. The molecule has 0 saturated carbocycles. The highest BCUT2D eigenvalue weighted by molar-refractivity contribution is 5.76. The van der Waals surface area contributed by atoms with Crippen molar-refractivity contribution in [3.63, 3.8) is 0 Å². The molecule has 1 atom stereocenters. The number of carboxylic acid groups (broad SMARTS) is 1. The van der Waals surface area contributed by atoms with Crippen molar-refractivity contribution >= 4 is 12.1 Å². The first-order valence-corrected chi connectivity index (χ1v) is 6.68. The highest BCUT2D eigenvalue weighted by Gasteiger charge is 2.35. The van der Waals surface area contributed by atoms with Crippen LogP contribution in [0.15, 0.2) is 0 Å². The quantitative estimate of drug-likeness (QED) is 0.818. The Morgan fingerprint density at radius 1 is 1.30 bits per heavy atom. The van der Waals surface area contributed by atoms with Crippen LogP contribution in [0.3, 0.4) is 0 Å². The van der Waals surface area contributed by atoms with Crippen molar-refractivity contribution in [1.29, 1.82) is 0 Å². The molecule has 7 heteroatoms. The fraction of sp³-hybridized carbons (Fsp3) is 0.846. The SMILES string of the molecule is COCCN1CCN(C(=O)OC(C)(C)C)C[C@H]1C(=O)O. The fourth-order valence-electron chi connectivity index (χ4n) is 2.02. The molecule has 0 unspecified atom stereocenters. The lowest BCUT2D eigenvalue weighted by Gasteiger charge is -2.39. The van der Waals surface area contributed by atoms with Crippen LogP contribution in [0.25, 0.3) is 0 Å². The Labute approximate surface area is 119 Å². The van der Waals surface area contributed by atoms with Crippen molar-refractivity contribution < 1.29 is 24.2 Å². The maximum absolute atomic E-state index is 12.0. The zero-order valence-corrected chi connectivity index (χ0v) is 12.6. The molecular weight excluding hydrogens is 264 g/mol. The van der Waals surface area contributed by atoms with Gasteiger partial charge < -0.3 is 19.5 Å². The van der Waals surface area contributed by atoms with Gasteiger partial charge in [0.05, 0.1) is 13.2 Å². The van der Waals surface area contributed by atoms with Gasteiger partial charge in [0.2, 0.25) is 0 Å². The molecule has 0 aromatic carbocycles. The largest absolute Gasteiger partial charge is 0.480 e. The summed E-state index contributed by atoms with van der Waals surface area (Å²) in [5.41, 5.74) is -0.580. The van der Waals surface area contributed by atoms with Crippen LogP contribution in [-0.2, 0) is 14.3 Å². The van der Waals surface area contributed by atoms with Crippen LogP contribution >= 0.6 is 0 Å². The Kier molecular flexibility index (Phi) is 5.76. The van der Waals surface area contributed by atoms with Gasteiger partial charge in [0.1, 0.15) is 11.6 Å². The third kappa shape index (κ3) is 4.97. The van der Waals surface area contributed by atoms with E-state index in [9.17, 15) is 14.7 Å². The van der Waals surface area contributed by atoms with E-state index in [4.69, 9.17) is 9.47 Å². The first-order valence-electron chi connectivity index (χ1n) is 6.68. The second kappa shape index (κ2) is 6.90. The fourth-order valence-corrected chi connectivity index (χ4v) is 2.02. The predicted octanol–water partition coefficient (Wildman–Crippen LogP) is 0.639. The molecule has 7 nitrogen and oxygen atoms in total. The van der Waals surface area contributed by atoms with E-state index in [2.05, 4.69) is 0 Å². The average Bonchev–Trinajstić information content (AvgIpc) is 2.33. The van der Waals surface area contributed by atoms with Crippen LogP contribution in [0.5, 0.6) is 0 Å². The van der Waals surface area contributed by atoms with E-state index in [1.165, 1.54) is 4.90 Å². The topological polar surface area (TPSA) is 79.3 Å². The molecule has 0 bridgehead atoms. The maximum Gasteiger partial charge on any atom is 0.410 e. The normalized spacial score (nSPS) is 20.8. The Morgan fingerprint density at radius 3 is 2.45 bits per heavy atom. The van der Waals surface area contributed by atoms with Gasteiger partial charge in [-0.05, 0) is 20.8 Å². The van der Waals surface area contributed by atoms with Crippen LogP contribution in [0.1, 0.15) is 20.8 Å². The smallest absolute Gasteiger partial charge is 0.410 e. The van der Waals surface area contributed by atoms with Crippen LogP contribution < -0.4 is 0 Å². The van der Waals surface area contributed by atoms with E-state index in [1.54, 1.807) is 27.9 Å². The zero-order valence-electron chi connectivity index (χ0n) is 12.6. The number of hydrogen-bond donors (Lipinski definition) is 1. The Hall–Kier alpha value is -1.34. The molecule has 116 valence electrons. The monoisotopic (exact) mass is 288 g/mol. The van der Waals surface area contributed by atoms with Gasteiger partial charge in [0, 0.05) is 26.7 Å². The second-order valence-electron chi connectivity index (χ2n) is 5.81. The zero-order chi connectivity index (χ0) is 15.3. The van der Waals surface area contributed by atoms with Gasteiger partial charge in [-0.25, -0.2) is 4.79 Å². The summed E-state index contributed by atoms with van der Waals surface area (Å²) in [5.74, 6) is -0.936. The summed E-state index contributed by atoms with van der Waals surface area (Å²) in [5, 5.41) is 9.28. The van der Waals surface area contributed by atoms with E-state index in [1.807, 2.05) is 4.90 Å². The van der Waals surface area contributed by atoms with Gasteiger partial charge >= 0.3 is 12.1 Å². The van der Waals surface area contributed by atoms with Gasteiger partial charge in [-0.15, -0.1) is 0 Å². The lowest BCUT2D eigenvalue weighted by Crippen LogP contribution is -2.58. The number of aliphatic carboxylic acids is 1. The van der Waals surface area contributed by atoms with E-state index in [0.29, 0.717) is 26.2 Å². The van der Waals surface area contributed by atoms with Gasteiger partial charge in [0.15, 0.2) is 0 Å². The van der Waals surface area contributed by atoms with Gasteiger partial charge in [0.25, 0.3) is 0 Å². The molecule has 1 fully saturated rings. The first kappa shape index (κ1) is 16.7. The summed E-state index contributed by atoms with van der Waals surface area (Å²) in [4.78, 5) is 26.6. The summed E-state index contributed by atoms with van der Waals surface area (Å²) in [6, 6.07) is -0.716. The van der Waals surface area contributed by atoms with Crippen LogP contribution in [0.4, 0.5) is 4.79 Å². The van der Waals surface area contributed by atoms with Crippen molar-refractivity contribution in [2.24, 2.45) is 0 Å². The Balaban J connectivity index is 2.64. The number of amides is 1. The highest BCUT2D eigenvalue weighted by Crippen LogP contribution is 2.15. The van der Waals surface area contributed by atoms with Crippen molar-refractivity contribution in [3.05, 3.63) is 0 Å². The van der Waals surface area contributed by atoms with Crippen LogP contribution in [0.2, 0.25) is 0 Å². The first-order chi connectivity index (χ1) is 9.24. The van der Waals surface area contributed by atoms with E-state index in [-0.39, 0.29) is 6.54 Å². The third-order valence-electron chi connectivity index (χ3n) is 3.01. The van der Waals surface area contributed by atoms with Crippen molar-refractivity contribution in [2.45, 2.75) is 32.4 Å². The molecule has 1 rings (SSSR count). The number of nitrogens with zero attached hydrogens (tertiary/aromatic N) is 2. The molecule has 1 N–H and O–H groups in total. The van der Waals surface area contributed by atoms with Crippen molar-refractivity contribution in [1.82, 2.24) is 9.80 Å². The number of ether oxygens (including phenoxy) is 2. The summed E-state index contributed by atoms with van der Waals surface area (Å²) < 4.78 is 10.2. The number of methoxy groups -OCH3 is 1. The lowest BCUT2D eigenvalue weighted by atomic mass is 10.1. The predicted molar refractivity (Wildman–Crippen MR) is 72.7 cm³/mol. The van der Waals surface area contributed by atoms with Crippen LogP contribution in [0, 0.1) is 0 Å². The molecule has 0 aromatic rings. The van der Waals surface area contributed by atoms with Gasteiger partial charge in [-0.2, -0.15) is 0 Å². The molecule has 0 spiro atoms. The minimum Gasteiger partial charge on any atom is -0.480 e. The molecule has 20 heavy (non-hydrogen) atoms. The number of piperazine rings is 1. The molecule has 1 heterocycles. The summed E-state index contributed by atoms with van der Waals surface area (Å²) in [6.45, 7) is 7.46. The summed E-state index contributed by atoms with van der Waals surface area (Å²) >= 11 is 0. The van der Waals surface area contributed by atoms with Crippen molar-refractivity contribution in [2.75, 3.05) is 39.9 Å². The summed E-state index contributed by atoms with van der Waals surface area (Å²) in [7, 11) is 1.58. The molecule has 0 radical (unpaired) electrons.